The summed E-state index contributed by atoms with van der Waals surface area (Å²) in [5.74, 6) is -0.0432. The molecular weight excluding hydrogens is 1790 g/mol. The van der Waals surface area contributed by atoms with Gasteiger partial charge < -0.3 is 39.5 Å². The number of aromatic nitrogens is 16. The van der Waals surface area contributed by atoms with Crippen LogP contribution in [0.5, 0.6) is 0 Å². The molecule has 15 N–H and O–H groups in total. The number of carbonyl (C=O) groups is 4. The summed E-state index contributed by atoms with van der Waals surface area (Å²) in [7, 11) is -13.8. The lowest BCUT2D eigenvalue weighted by molar-refractivity contribution is -0.141. The summed E-state index contributed by atoms with van der Waals surface area (Å²) < 4.78 is 155. The van der Waals surface area contributed by atoms with E-state index in [1.165, 1.54) is 89.0 Å². The molecule has 4 aliphatic carbocycles. The fraction of sp³-hybridized carbons (Fsp3) is 0.342. The second-order valence-electron chi connectivity index (χ2n) is 32.4. The van der Waals surface area contributed by atoms with Gasteiger partial charge >= 0.3 is 6.18 Å². The standard InChI is InChI=1S/C20H19F3N8O3S.2C20H22N8O3S.C19H19FN8O3S/c21-20(22,23)15-13-8-11-9-26-18(27-14-5-4-12(10-25-14)35(24,33)34)28-16(11)31(13)19(17(32)30-29-15)6-2-1-3-7-19;1-27-18(29)20(7-3-2-4-8-20)28-14(11-24-27)9-13-10-23-19(26-17(13)28)25-16-6-5-15(12-22-16)32(21,30)31;1-12-15-9-13-10-23-19(24-16-6-5-14(11-22-16)32(21,30)31)25-17(13)28(15)20(18(29)27-26-12)7-3-2-4-8-20;20-15-13-8-11-9-23-18(24-14-5-4-12(10-22-14)32(21,30)31)25-16(11)28(13)19(17(29)27-26-15)6-2-1-3-7-19/h4-5,8-10H,1-3,6-7H2,(H,30,32)(H2,24,33,34)(H,25,26,27,28);5-6,9-12H,2-4,7-8H2,1H3,(H2,21,30,31)(H,22,23,25,26);5-6,9-11H,2-4,7-8H2,1H3,(H,27,29)(H2,21,30,31)(H,22,23,24,25);4-5,8-10H,1-3,6-7H2,(H,27,29)(H2,21,30,31)(H,22,23,24,25). The van der Waals surface area contributed by atoms with Crippen LogP contribution in [-0.4, -0.2) is 177 Å². The molecule has 4 spiro atoms. The van der Waals surface area contributed by atoms with Crippen LogP contribution in [0.3, 0.4) is 0 Å². The summed E-state index contributed by atoms with van der Waals surface area (Å²) in [5.41, 5.74) is 6.24. The summed E-state index contributed by atoms with van der Waals surface area (Å²) in [4.78, 5) is 104. The van der Waals surface area contributed by atoms with E-state index in [1.54, 1.807) is 36.3 Å². The number of likely N-dealkylation sites (N-methyl/N-ethyl adjacent to an activating group) is 1. The number of primary sulfonamides is 4. The van der Waals surface area contributed by atoms with E-state index in [9.17, 15) is 70.4 Å². The molecule has 4 amide bonds. The van der Waals surface area contributed by atoms with Crippen molar-refractivity contribution in [1.82, 2.24) is 99.4 Å². The molecule has 4 fully saturated rings. The van der Waals surface area contributed by atoms with Gasteiger partial charge in [0.2, 0.25) is 63.9 Å². The van der Waals surface area contributed by atoms with Crippen LogP contribution in [0, 0.1) is 0 Å². The Labute approximate surface area is 741 Å². The Morgan fingerprint density at radius 3 is 1.03 bits per heavy atom. The predicted molar refractivity (Wildman–Crippen MR) is 467 cm³/mol. The second kappa shape index (κ2) is 34.2. The molecule has 4 saturated carbocycles. The molecule has 16 heterocycles. The maximum atomic E-state index is 14.7. The molecule has 20 rings (SSSR count). The van der Waals surface area contributed by atoms with Crippen LogP contribution in [0.2, 0.25) is 0 Å². The Bertz CT molecular complexity index is 7020. The number of nitrogens with zero attached hydrogens (tertiary/aromatic N) is 21. The van der Waals surface area contributed by atoms with Crippen LogP contribution in [0.15, 0.2) is 162 Å². The smallest absolute Gasteiger partial charge is 0.309 e. The molecule has 52 heteroatoms. The molecule has 0 radical (unpaired) electrons. The minimum absolute atomic E-state index is 0.00429. The quantitative estimate of drug-likeness (QED) is 0.0533. The number of rotatable bonds is 12. The highest BCUT2D eigenvalue weighted by Gasteiger charge is 2.52. The van der Waals surface area contributed by atoms with Crippen molar-refractivity contribution >= 4 is 179 Å². The Morgan fingerprint density at radius 2 is 0.687 bits per heavy atom. The van der Waals surface area contributed by atoms with Crippen molar-refractivity contribution < 1.29 is 70.4 Å². The van der Waals surface area contributed by atoms with Gasteiger partial charge in [-0.1, -0.05) is 77.0 Å². The predicted octanol–water partition coefficient (Wildman–Crippen LogP) is 7.32. The van der Waals surface area contributed by atoms with Crippen molar-refractivity contribution in [3.05, 3.63) is 145 Å². The summed E-state index contributed by atoms with van der Waals surface area (Å²) in [6, 6.07) is 17.7. The zero-order valence-corrected chi connectivity index (χ0v) is 72.8. The topological polar surface area (TPSA) is 620 Å². The van der Waals surface area contributed by atoms with E-state index in [4.69, 9.17) is 30.5 Å². The monoisotopic (exact) mass is 1870 g/mol. The molecular formula is C79H82F4N32O12S4. The number of hydrogen-bond acceptors (Lipinski definition) is 32. The minimum atomic E-state index is -4.82. The Hall–Kier alpha value is -13.8. The first-order chi connectivity index (χ1) is 62.3. The molecule has 0 bridgehead atoms. The van der Waals surface area contributed by atoms with Gasteiger partial charge in [-0.05, 0) is 131 Å². The number of sulfonamides is 4. The zero-order valence-electron chi connectivity index (χ0n) is 69.5. The van der Waals surface area contributed by atoms with Crippen molar-refractivity contribution in [2.45, 2.75) is 183 Å². The SMILES string of the molecule is CC1=NNC(=O)C2(CCCCC2)n2c1cc1cnc(Nc3ccc(S(N)(=O)=O)cn3)nc12.CN1N=Cc2cc3cnc(Nc4ccc(S(N)(=O)=O)cn4)nc3n2C2(CCCCC2)C1=O.NS(=O)(=O)c1ccc(Nc2ncc3cc4n(c3n2)C2(CCCCC2)C(=O)NN=C4C(F)(F)F)nc1.NS(=O)(=O)c1ccc(Nc2ncc3cc4n(c3n2)C2(CCCCC2)C(=O)NN=C4F)nc1. The highest BCUT2D eigenvalue weighted by Crippen LogP contribution is 2.47. The number of alkyl halides is 3. The molecule has 44 nitrogen and oxygen atoms in total. The lowest BCUT2D eigenvalue weighted by Gasteiger charge is -2.38. The van der Waals surface area contributed by atoms with Crippen molar-refractivity contribution in [3.63, 3.8) is 0 Å². The van der Waals surface area contributed by atoms with Gasteiger partial charge in [0.05, 0.1) is 29.0 Å². The van der Waals surface area contributed by atoms with E-state index in [-0.39, 0.29) is 89.8 Å². The van der Waals surface area contributed by atoms with Crippen molar-refractivity contribution in [2.75, 3.05) is 28.3 Å². The van der Waals surface area contributed by atoms with Crippen molar-refractivity contribution in [3.8, 4) is 0 Å². The number of fused-ring (bicyclic) bond motifs is 16. The van der Waals surface area contributed by atoms with Crippen LogP contribution < -0.4 is 58.1 Å². The van der Waals surface area contributed by atoms with E-state index in [1.807, 2.05) is 28.2 Å². The van der Waals surface area contributed by atoms with E-state index >= 15 is 0 Å². The van der Waals surface area contributed by atoms with Crippen LogP contribution in [-0.2, 0) is 81.4 Å². The number of anilines is 8. The minimum Gasteiger partial charge on any atom is -0.309 e. The fourth-order valence-electron chi connectivity index (χ4n) is 17.9. The number of hydrogen-bond donors (Lipinski definition) is 11. The summed E-state index contributed by atoms with van der Waals surface area (Å²) >= 11 is 0. The van der Waals surface area contributed by atoms with Gasteiger partial charge in [0.1, 0.15) is 93.3 Å². The number of halogens is 4. The van der Waals surface area contributed by atoms with Gasteiger partial charge in [-0.2, -0.15) is 52.8 Å². The summed E-state index contributed by atoms with van der Waals surface area (Å²) in [5, 5.41) is 51.6. The van der Waals surface area contributed by atoms with Crippen molar-refractivity contribution in [1.29, 1.82) is 0 Å². The first kappa shape index (κ1) is 89.2. The molecule has 12 aromatic heterocycles. The molecule has 12 aromatic rings. The van der Waals surface area contributed by atoms with Gasteiger partial charge in [0, 0.05) is 78.2 Å². The third-order valence-corrected chi connectivity index (χ3v) is 27.7. The number of amides is 4. The zero-order chi connectivity index (χ0) is 92.5. The number of hydrazone groups is 4. The third-order valence-electron chi connectivity index (χ3n) is 24.1. The Morgan fingerprint density at radius 1 is 0.382 bits per heavy atom. The highest BCUT2D eigenvalue weighted by molar-refractivity contribution is 7.90. The van der Waals surface area contributed by atoms with Crippen LogP contribution >= 0.6 is 0 Å². The van der Waals surface area contributed by atoms with Crippen LogP contribution in [0.4, 0.5) is 64.6 Å². The molecule has 8 aliphatic rings. The molecule has 4 aliphatic heterocycles. The maximum Gasteiger partial charge on any atom is 0.437 e. The Balaban J connectivity index is 0.000000122. The van der Waals surface area contributed by atoms with Gasteiger partial charge in [0.25, 0.3) is 29.6 Å². The first-order valence-corrected chi connectivity index (χ1v) is 47.3. The molecule has 0 atom stereocenters. The van der Waals surface area contributed by atoms with Crippen molar-refractivity contribution in [2.24, 2.45) is 41.0 Å². The number of pyridine rings is 4. The van der Waals surface area contributed by atoms with Gasteiger partial charge in [-0.25, -0.2) is 115 Å². The molecule has 0 saturated heterocycles. The maximum absolute atomic E-state index is 14.7. The van der Waals surface area contributed by atoms with Gasteiger partial charge in [-0.3, -0.25) is 19.2 Å². The lowest BCUT2D eigenvalue weighted by atomic mass is 9.80. The average Bonchev–Trinajstić information content (AvgIpc) is 1.58. The van der Waals surface area contributed by atoms with E-state index in [0.29, 0.717) is 96.4 Å². The number of nitrogens with one attached hydrogen (secondary N) is 7. The van der Waals surface area contributed by atoms with Crippen LogP contribution in [0.25, 0.3) is 44.1 Å². The third kappa shape index (κ3) is 17.3. The first-order valence-electron chi connectivity index (χ1n) is 41.1. The van der Waals surface area contributed by atoms with E-state index < -0.39 is 86.0 Å². The van der Waals surface area contributed by atoms with Gasteiger partial charge in [-0.15, -0.1) is 5.10 Å². The summed E-state index contributed by atoms with van der Waals surface area (Å²) in [6.45, 7) is 1.86. The molecule has 682 valence electrons. The average molecular weight is 1880 g/mol. The normalized spacial score (nSPS) is 18.1. The largest absolute Gasteiger partial charge is 0.437 e. The lowest BCUT2D eigenvalue weighted by Crippen LogP contribution is -2.48. The highest BCUT2D eigenvalue weighted by atomic mass is 32.2. The second-order valence-corrected chi connectivity index (χ2v) is 38.7. The van der Waals surface area contributed by atoms with Crippen LogP contribution in [0.1, 0.15) is 158 Å². The van der Waals surface area contributed by atoms with E-state index in [2.05, 4.69) is 108 Å². The Kier molecular flexibility index (Phi) is 23.3. The summed E-state index contributed by atoms with van der Waals surface area (Å²) in [6.07, 6.45) is 23.0. The van der Waals surface area contributed by atoms with E-state index in [0.717, 1.165) is 112 Å². The van der Waals surface area contributed by atoms with Gasteiger partial charge in [0.15, 0.2) is 5.71 Å². The fourth-order valence-corrected chi connectivity index (χ4v) is 19.7. The molecule has 0 aromatic carbocycles. The molecule has 131 heavy (non-hydrogen) atoms. The number of carbonyl (C=O) groups excluding carboxylic acids is 4. The molecule has 0 unspecified atom stereocenters. The number of nitrogens with two attached hydrogens (primary N) is 4.